The highest BCUT2D eigenvalue weighted by Crippen LogP contribution is 2.39. The maximum atomic E-state index is 11.5. The molecule has 0 unspecified atom stereocenters. The molecular weight excluding hydrogens is 270 g/mol. The van der Waals surface area contributed by atoms with Gasteiger partial charge >= 0.3 is 0 Å². The molecule has 3 N–H and O–H groups in total. The molecule has 2 aromatic heterocycles. The summed E-state index contributed by atoms with van der Waals surface area (Å²) in [7, 11) is 1.58. The number of pyridine rings is 1. The van der Waals surface area contributed by atoms with Crippen molar-refractivity contribution in [1.82, 2.24) is 10.1 Å². The number of hydrogen-bond donors (Lipinski definition) is 2. The van der Waals surface area contributed by atoms with Crippen molar-refractivity contribution >= 4 is 5.88 Å². The molecular formula is C15H13N3O3. The van der Waals surface area contributed by atoms with Crippen LogP contribution in [-0.4, -0.2) is 17.3 Å². The van der Waals surface area contributed by atoms with Crippen LogP contribution in [0.15, 0.2) is 51.8 Å². The van der Waals surface area contributed by atoms with Crippen LogP contribution >= 0.6 is 0 Å². The zero-order valence-corrected chi connectivity index (χ0v) is 11.3. The number of benzene rings is 1. The van der Waals surface area contributed by atoms with Crippen LogP contribution in [0, 0.1) is 0 Å². The summed E-state index contributed by atoms with van der Waals surface area (Å²) in [5, 5.41) is 3.95. The van der Waals surface area contributed by atoms with E-state index in [1.165, 1.54) is 6.07 Å². The lowest BCUT2D eigenvalue weighted by Crippen LogP contribution is -2.04. The van der Waals surface area contributed by atoms with Crippen LogP contribution in [0.3, 0.4) is 0 Å². The largest absolute Gasteiger partial charge is 0.496 e. The quantitative estimate of drug-likeness (QED) is 0.769. The zero-order chi connectivity index (χ0) is 14.8. The Kier molecular flexibility index (Phi) is 3.19. The third-order valence-electron chi connectivity index (χ3n) is 3.12. The van der Waals surface area contributed by atoms with E-state index >= 15 is 0 Å². The van der Waals surface area contributed by atoms with Crippen molar-refractivity contribution in [3.8, 4) is 28.3 Å². The molecule has 0 amide bonds. The number of H-pyrrole nitrogens is 1. The standard InChI is InChI=1S/C15H13N3O3/c1-20-11-7-3-2-5-9(11)13-14(18-21-15(13)16)10-6-4-8-12(19)17-10/h2-8H,16H2,1H3,(H,17,19). The summed E-state index contributed by atoms with van der Waals surface area (Å²) >= 11 is 0. The Balaban J connectivity index is 2.25. The van der Waals surface area contributed by atoms with E-state index in [-0.39, 0.29) is 11.4 Å². The van der Waals surface area contributed by atoms with Crippen LogP contribution in [0.4, 0.5) is 5.88 Å². The number of aromatic nitrogens is 2. The van der Waals surface area contributed by atoms with Gasteiger partial charge in [0.15, 0.2) is 0 Å². The fourth-order valence-corrected chi connectivity index (χ4v) is 2.18. The second kappa shape index (κ2) is 5.16. The Morgan fingerprint density at radius 1 is 1.19 bits per heavy atom. The highest BCUT2D eigenvalue weighted by atomic mass is 16.5. The Labute approximate surface area is 120 Å². The van der Waals surface area contributed by atoms with Crippen molar-refractivity contribution < 1.29 is 9.26 Å². The fraction of sp³-hybridized carbons (Fsp3) is 0.0667. The molecule has 0 atom stereocenters. The van der Waals surface area contributed by atoms with Gasteiger partial charge in [0.1, 0.15) is 11.4 Å². The summed E-state index contributed by atoms with van der Waals surface area (Å²) in [4.78, 5) is 14.2. The van der Waals surface area contributed by atoms with Gasteiger partial charge in [0, 0.05) is 11.6 Å². The molecule has 6 heteroatoms. The topological polar surface area (TPSA) is 94.1 Å². The van der Waals surface area contributed by atoms with Gasteiger partial charge in [-0.25, -0.2) is 0 Å². The molecule has 2 heterocycles. The van der Waals surface area contributed by atoms with Crippen LogP contribution < -0.4 is 16.0 Å². The second-order valence-corrected chi connectivity index (χ2v) is 4.40. The SMILES string of the molecule is COc1ccccc1-c1c(-c2cccc(=O)[nH]2)noc1N. The lowest BCUT2D eigenvalue weighted by molar-refractivity contribution is 0.416. The number of para-hydroxylation sites is 1. The van der Waals surface area contributed by atoms with E-state index in [9.17, 15) is 4.79 Å². The summed E-state index contributed by atoms with van der Waals surface area (Å²) in [6.45, 7) is 0. The Bertz CT molecular complexity index is 836. The first-order chi connectivity index (χ1) is 10.2. The normalized spacial score (nSPS) is 10.5. The number of ether oxygens (including phenoxy) is 1. The molecule has 0 bridgehead atoms. The third-order valence-corrected chi connectivity index (χ3v) is 3.12. The van der Waals surface area contributed by atoms with E-state index in [0.29, 0.717) is 22.7 Å². The van der Waals surface area contributed by atoms with E-state index in [2.05, 4.69) is 10.1 Å². The van der Waals surface area contributed by atoms with Crippen molar-refractivity contribution in [1.29, 1.82) is 0 Å². The number of nitrogen functional groups attached to an aromatic ring is 1. The summed E-state index contributed by atoms with van der Waals surface area (Å²) in [6, 6.07) is 12.2. The number of rotatable bonds is 3. The molecule has 0 aliphatic carbocycles. The number of aromatic amines is 1. The van der Waals surface area contributed by atoms with E-state index in [0.717, 1.165) is 5.56 Å². The van der Waals surface area contributed by atoms with Crippen LogP contribution in [0.2, 0.25) is 0 Å². The highest BCUT2D eigenvalue weighted by Gasteiger charge is 2.20. The maximum Gasteiger partial charge on any atom is 0.248 e. The first-order valence-electron chi connectivity index (χ1n) is 6.29. The Hall–Kier alpha value is -3.02. The number of methoxy groups -OCH3 is 1. The molecule has 3 rings (SSSR count). The minimum Gasteiger partial charge on any atom is -0.496 e. The van der Waals surface area contributed by atoms with Crippen molar-refractivity contribution in [2.45, 2.75) is 0 Å². The molecule has 0 saturated carbocycles. The van der Waals surface area contributed by atoms with Gasteiger partial charge in [0.2, 0.25) is 11.4 Å². The van der Waals surface area contributed by atoms with Gasteiger partial charge in [-0.15, -0.1) is 0 Å². The average Bonchev–Trinajstić information content (AvgIpc) is 2.89. The van der Waals surface area contributed by atoms with Gasteiger partial charge < -0.3 is 20.0 Å². The second-order valence-electron chi connectivity index (χ2n) is 4.40. The highest BCUT2D eigenvalue weighted by molar-refractivity contribution is 5.88. The predicted molar refractivity (Wildman–Crippen MR) is 79.0 cm³/mol. The lowest BCUT2D eigenvalue weighted by atomic mass is 10.0. The summed E-state index contributed by atoms with van der Waals surface area (Å²) < 4.78 is 10.4. The molecule has 0 aliphatic rings. The van der Waals surface area contributed by atoms with Crippen molar-refractivity contribution in [3.63, 3.8) is 0 Å². The predicted octanol–water partition coefficient (Wildman–Crippen LogP) is 2.29. The molecule has 0 spiro atoms. The monoisotopic (exact) mass is 283 g/mol. The van der Waals surface area contributed by atoms with Gasteiger partial charge in [0.05, 0.1) is 18.4 Å². The number of nitrogens with one attached hydrogen (secondary N) is 1. The van der Waals surface area contributed by atoms with E-state index in [1.54, 1.807) is 19.2 Å². The zero-order valence-electron chi connectivity index (χ0n) is 11.3. The number of hydrogen-bond acceptors (Lipinski definition) is 5. The summed E-state index contributed by atoms with van der Waals surface area (Å²) in [5.41, 5.74) is 8.01. The Morgan fingerprint density at radius 2 is 2.00 bits per heavy atom. The molecule has 6 nitrogen and oxygen atoms in total. The van der Waals surface area contributed by atoms with Crippen LogP contribution in [0.25, 0.3) is 22.5 Å². The molecule has 1 aromatic carbocycles. The molecule has 106 valence electrons. The lowest BCUT2D eigenvalue weighted by Gasteiger charge is -2.08. The maximum absolute atomic E-state index is 11.5. The fourth-order valence-electron chi connectivity index (χ4n) is 2.18. The molecule has 0 saturated heterocycles. The first-order valence-corrected chi connectivity index (χ1v) is 6.29. The van der Waals surface area contributed by atoms with Gasteiger partial charge in [-0.1, -0.05) is 29.4 Å². The molecule has 0 aliphatic heterocycles. The average molecular weight is 283 g/mol. The first kappa shape index (κ1) is 13.0. The van der Waals surface area contributed by atoms with Crippen molar-refractivity contribution in [3.05, 3.63) is 52.8 Å². The minimum absolute atomic E-state index is 0.166. The van der Waals surface area contributed by atoms with Crippen LogP contribution in [-0.2, 0) is 0 Å². The number of nitrogens with two attached hydrogens (primary N) is 1. The smallest absolute Gasteiger partial charge is 0.248 e. The van der Waals surface area contributed by atoms with E-state index in [4.69, 9.17) is 15.0 Å². The van der Waals surface area contributed by atoms with Gasteiger partial charge in [0.25, 0.3) is 0 Å². The van der Waals surface area contributed by atoms with Gasteiger partial charge in [-0.2, -0.15) is 0 Å². The molecule has 0 fully saturated rings. The summed E-state index contributed by atoms with van der Waals surface area (Å²) in [6.07, 6.45) is 0. The Morgan fingerprint density at radius 3 is 2.76 bits per heavy atom. The molecule has 3 aromatic rings. The number of anilines is 1. The van der Waals surface area contributed by atoms with Crippen molar-refractivity contribution in [2.75, 3.05) is 12.8 Å². The third kappa shape index (κ3) is 2.27. The molecule has 21 heavy (non-hydrogen) atoms. The van der Waals surface area contributed by atoms with E-state index in [1.807, 2.05) is 24.3 Å². The molecule has 0 radical (unpaired) electrons. The summed E-state index contributed by atoms with van der Waals surface area (Å²) in [5.74, 6) is 0.811. The van der Waals surface area contributed by atoms with Crippen LogP contribution in [0.5, 0.6) is 5.75 Å². The van der Waals surface area contributed by atoms with Crippen LogP contribution in [0.1, 0.15) is 0 Å². The van der Waals surface area contributed by atoms with Gasteiger partial charge in [-0.3, -0.25) is 4.79 Å². The van der Waals surface area contributed by atoms with Gasteiger partial charge in [-0.05, 0) is 12.1 Å². The van der Waals surface area contributed by atoms with Crippen molar-refractivity contribution in [2.24, 2.45) is 0 Å². The number of nitrogens with zero attached hydrogens (tertiary/aromatic N) is 1. The minimum atomic E-state index is -0.222. The van der Waals surface area contributed by atoms with E-state index < -0.39 is 0 Å².